The van der Waals surface area contributed by atoms with Gasteiger partial charge in [0.15, 0.2) is 5.82 Å². The van der Waals surface area contributed by atoms with Crippen LogP contribution in [0.15, 0.2) is 54.1 Å². The van der Waals surface area contributed by atoms with Gasteiger partial charge in [0, 0.05) is 17.7 Å². The van der Waals surface area contributed by atoms with Crippen LogP contribution in [0.3, 0.4) is 0 Å². The van der Waals surface area contributed by atoms with Gasteiger partial charge in [-0.1, -0.05) is 36.4 Å². The van der Waals surface area contributed by atoms with Gasteiger partial charge in [-0.25, -0.2) is 4.79 Å². The van der Waals surface area contributed by atoms with Crippen molar-refractivity contribution in [3.05, 3.63) is 71.0 Å². The fourth-order valence-corrected chi connectivity index (χ4v) is 4.11. The number of carbonyl (C=O) groups excluding carboxylic acids is 2. The maximum Gasteiger partial charge on any atom is 0.319 e. The van der Waals surface area contributed by atoms with Crippen LogP contribution in [0.1, 0.15) is 48.3 Å². The Morgan fingerprint density at radius 1 is 1.26 bits per heavy atom. The van der Waals surface area contributed by atoms with E-state index in [1.807, 2.05) is 38.1 Å². The molecule has 0 bridgehead atoms. The summed E-state index contributed by atoms with van der Waals surface area (Å²) in [6, 6.07) is 8.52. The van der Waals surface area contributed by atoms with Crippen molar-refractivity contribution in [2.24, 2.45) is 5.73 Å². The number of nitrogens with zero attached hydrogens (tertiary/aromatic N) is 2. The van der Waals surface area contributed by atoms with Gasteiger partial charge in [-0.2, -0.15) is 5.10 Å². The number of rotatable bonds is 5. The number of nitrogens with two attached hydrogens (primary N) is 1. The number of benzene rings is 1. The summed E-state index contributed by atoms with van der Waals surface area (Å²) in [7, 11) is 0. The number of urea groups is 1. The standard InChI is InChI=1S/C23H28N6O2/c1-23(2)19-17(20(28-27-19)26-21(30)16-11-7-4-8-12-16)14-29(23)22(31)25-18(13-24)15-9-5-3-6-10-15/h4-5,7-12,18H,3,6,13-14,24H2,1-2H3,(H,25,31)(H2,26,27,28,30)/t18-/m1/s1. The van der Waals surface area contributed by atoms with E-state index >= 15 is 0 Å². The fraction of sp³-hybridized carbons (Fsp3) is 0.348. The van der Waals surface area contributed by atoms with E-state index in [1.54, 1.807) is 17.0 Å². The molecule has 0 fully saturated rings. The largest absolute Gasteiger partial charge is 0.330 e. The monoisotopic (exact) mass is 420 g/mol. The third-order valence-corrected chi connectivity index (χ3v) is 5.94. The fourth-order valence-electron chi connectivity index (χ4n) is 4.11. The van der Waals surface area contributed by atoms with Gasteiger partial charge in [0.2, 0.25) is 0 Å². The Morgan fingerprint density at radius 2 is 2.03 bits per heavy atom. The Labute approximate surface area is 181 Å². The van der Waals surface area contributed by atoms with Crippen molar-refractivity contribution in [3.8, 4) is 0 Å². The zero-order valence-electron chi connectivity index (χ0n) is 17.8. The molecule has 1 aromatic heterocycles. The average molecular weight is 421 g/mol. The summed E-state index contributed by atoms with van der Waals surface area (Å²) in [6.45, 7) is 4.57. The smallest absolute Gasteiger partial charge is 0.319 e. The van der Waals surface area contributed by atoms with Gasteiger partial charge in [0.05, 0.1) is 23.8 Å². The van der Waals surface area contributed by atoms with Crippen LogP contribution >= 0.6 is 0 Å². The highest BCUT2D eigenvalue weighted by Crippen LogP contribution is 2.40. The molecule has 0 unspecified atom stereocenters. The van der Waals surface area contributed by atoms with E-state index in [4.69, 9.17) is 5.73 Å². The van der Waals surface area contributed by atoms with Gasteiger partial charge in [-0.3, -0.25) is 9.89 Å². The number of carbonyl (C=O) groups is 2. The Balaban J connectivity index is 1.50. The zero-order valence-corrected chi connectivity index (χ0v) is 17.8. The summed E-state index contributed by atoms with van der Waals surface area (Å²) in [6.07, 6.45) is 8.21. The Bertz CT molecular complexity index is 1040. The molecule has 0 saturated heterocycles. The Kier molecular flexibility index (Phi) is 5.65. The highest BCUT2D eigenvalue weighted by Gasteiger charge is 2.44. The first-order valence-corrected chi connectivity index (χ1v) is 10.5. The molecule has 1 aliphatic carbocycles. The topological polar surface area (TPSA) is 116 Å². The number of aromatic amines is 1. The molecule has 31 heavy (non-hydrogen) atoms. The van der Waals surface area contributed by atoms with Crippen LogP contribution in [-0.2, 0) is 12.1 Å². The van der Waals surface area contributed by atoms with Crippen molar-refractivity contribution in [3.63, 3.8) is 0 Å². The number of hydrogen-bond donors (Lipinski definition) is 4. The van der Waals surface area contributed by atoms with Gasteiger partial charge >= 0.3 is 6.03 Å². The van der Waals surface area contributed by atoms with Gasteiger partial charge in [0.1, 0.15) is 0 Å². The minimum absolute atomic E-state index is 0.203. The van der Waals surface area contributed by atoms with Crippen molar-refractivity contribution in [2.45, 2.75) is 44.8 Å². The van der Waals surface area contributed by atoms with Crippen LogP contribution in [0.5, 0.6) is 0 Å². The number of aromatic nitrogens is 2. The van der Waals surface area contributed by atoms with E-state index in [2.05, 4.69) is 33.0 Å². The summed E-state index contributed by atoms with van der Waals surface area (Å²) < 4.78 is 0. The zero-order chi connectivity index (χ0) is 22.0. The predicted molar refractivity (Wildman–Crippen MR) is 119 cm³/mol. The van der Waals surface area contributed by atoms with E-state index in [-0.39, 0.29) is 18.0 Å². The molecular formula is C23H28N6O2. The van der Waals surface area contributed by atoms with Crippen molar-refractivity contribution >= 4 is 17.8 Å². The number of anilines is 1. The maximum absolute atomic E-state index is 13.2. The maximum atomic E-state index is 13.2. The number of H-pyrrole nitrogens is 1. The molecular weight excluding hydrogens is 392 g/mol. The minimum atomic E-state index is -0.613. The van der Waals surface area contributed by atoms with E-state index < -0.39 is 5.54 Å². The first-order chi connectivity index (χ1) is 14.9. The molecule has 0 saturated carbocycles. The van der Waals surface area contributed by atoms with Crippen LogP contribution < -0.4 is 16.4 Å². The molecule has 4 rings (SSSR count). The second-order valence-corrected chi connectivity index (χ2v) is 8.31. The molecule has 3 amide bonds. The van der Waals surface area contributed by atoms with Crippen molar-refractivity contribution in [1.29, 1.82) is 0 Å². The lowest BCUT2D eigenvalue weighted by atomic mass is 9.99. The van der Waals surface area contributed by atoms with Gasteiger partial charge in [-0.05, 0) is 44.4 Å². The highest BCUT2D eigenvalue weighted by atomic mass is 16.2. The van der Waals surface area contributed by atoms with Crippen LogP contribution in [0.2, 0.25) is 0 Å². The quantitative estimate of drug-likeness (QED) is 0.595. The molecule has 1 aliphatic heterocycles. The summed E-state index contributed by atoms with van der Waals surface area (Å²) >= 11 is 0. The lowest BCUT2D eigenvalue weighted by Gasteiger charge is -2.33. The number of fused-ring (bicyclic) bond motifs is 1. The SMILES string of the molecule is CC1(C)c2[nH]nc(NC(=O)c3ccccc3)c2CN1C(=O)N[C@H](CN)C1=CCCC=C1. The second kappa shape index (κ2) is 8.39. The molecule has 8 heteroatoms. The molecule has 2 heterocycles. The van der Waals surface area contributed by atoms with E-state index in [0.29, 0.717) is 24.5 Å². The summed E-state index contributed by atoms with van der Waals surface area (Å²) in [5.74, 6) is 0.204. The van der Waals surface area contributed by atoms with Gasteiger partial charge in [0.25, 0.3) is 5.91 Å². The van der Waals surface area contributed by atoms with Crippen LogP contribution in [0.4, 0.5) is 10.6 Å². The van der Waals surface area contributed by atoms with E-state index in [9.17, 15) is 9.59 Å². The molecule has 1 aromatic carbocycles. The van der Waals surface area contributed by atoms with Gasteiger partial charge in [-0.15, -0.1) is 0 Å². The van der Waals surface area contributed by atoms with Crippen LogP contribution in [0.25, 0.3) is 0 Å². The number of amides is 3. The third kappa shape index (κ3) is 3.98. The highest BCUT2D eigenvalue weighted by molar-refractivity contribution is 6.04. The lowest BCUT2D eigenvalue weighted by Crippen LogP contribution is -2.51. The van der Waals surface area contributed by atoms with E-state index in [0.717, 1.165) is 29.7 Å². The molecule has 0 radical (unpaired) electrons. The molecule has 162 valence electrons. The number of allylic oxidation sites excluding steroid dienone is 2. The predicted octanol–water partition coefficient (Wildman–Crippen LogP) is 3.03. The van der Waals surface area contributed by atoms with Gasteiger partial charge < -0.3 is 21.3 Å². The molecule has 1 atom stereocenters. The Hall–Kier alpha value is -3.39. The number of nitrogens with one attached hydrogen (secondary N) is 3. The normalized spacial score (nSPS) is 17.6. The number of hydrogen-bond acceptors (Lipinski definition) is 4. The molecule has 0 spiro atoms. The third-order valence-electron chi connectivity index (χ3n) is 5.94. The Morgan fingerprint density at radius 3 is 2.71 bits per heavy atom. The molecule has 2 aliphatic rings. The summed E-state index contributed by atoms with van der Waals surface area (Å²) in [5, 5.41) is 13.2. The summed E-state index contributed by atoms with van der Waals surface area (Å²) in [4.78, 5) is 27.5. The minimum Gasteiger partial charge on any atom is -0.330 e. The van der Waals surface area contributed by atoms with Crippen LogP contribution in [0, 0.1) is 0 Å². The molecule has 8 nitrogen and oxygen atoms in total. The van der Waals surface area contributed by atoms with Crippen LogP contribution in [-0.4, -0.2) is 39.6 Å². The van der Waals surface area contributed by atoms with Crippen molar-refractivity contribution in [1.82, 2.24) is 20.4 Å². The molecule has 5 N–H and O–H groups in total. The lowest BCUT2D eigenvalue weighted by molar-refractivity contribution is 0.102. The first-order valence-electron chi connectivity index (χ1n) is 10.5. The first kappa shape index (κ1) is 20.9. The van der Waals surface area contributed by atoms with Crippen molar-refractivity contribution < 1.29 is 9.59 Å². The second-order valence-electron chi connectivity index (χ2n) is 8.31. The van der Waals surface area contributed by atoms with E-state index in [1.165, 1.54) is 0 Å². The van der Waals surface area contributed by atoms with Crippen molar-refractivity contribution in [2.75, 3.05) is 11.9 Å². The summed E-state index contributed by atoms with van der Waals surface area (Å²) in [5.41, 5.74) is 8.54. The molecule has 2 aromatic rings. The average Bonchev–Trinajstić information content (AvgIpc) is 3.31.